The van der Waals surface area contributed by atoms with Gasteiger partial charge in [0.25, 0.3) is 0 Å². The second kappa shape index (κ2) is 6.80. The van der Waals surface area contributed by atoms with Gasteiger partial charge in [-0.25, -0.2) is 4.79 Å². The molecule has 0 bridgehead atoms. The Morgan fingerprint density at radius 2 is 2.04 bits per heavy atom. The zero-order valence-corrected chi connectivity index (χ0v) is 14.6. The Hall–Kier alpha value is -1.47. The second-order valence-electron chi connectivity index (χ2n) is 6.73. The minimum atomic E-state index is -0.615. The van der Waals surface area contributed by atoms with E-state index in [1.165, 1.54) is 7.11 Å². The first-order valence-corrected chi connectivity index (χ1v) is 8.31. The van der Waals surface area contributed by atoms with Crippen LogP contribution in [0.15, 0.2) is 30.3 Å². The molecular weight excluding hydrogens is 310 g/mol. The van der Waals surface area contributed by atoms with E-state index in [0.29, 0.717) is 13.0 Å². The largest absolute Gasteiger partial charge is 0.467 e. The smallest absolute Gasteiger partial charge is 0.337 e. The highest BCUT2D eigenvalue weighted by molar-refractivity contribution is 5.74. The lowest BCUT2D eigenvalue weighted by molar-refractivity contribution is -0.216. The molecule has 2 fully saturated rings. The Morgan fingerprint density at radius 3 is 2.62 bits per heavy atom. The first-order valence-electron chi connectivity index (χ1n) is 8.31. The van der Waals surface area contributed by atoms with Crippen LogP contribution < -0.4 is 0 Å². The van der Waals surface area contributed by atoms with Gasteiger partial charge in [0.15, 0.2) is 11.9 Å². The molecule has 6 nitrogen and oxygen atoms in total. The SMILES string of the molecule is COC(=O)[C@H]1C[C@@H]([C@H]2COC(C)(C)O2)N([C@H](C)c2ccccc2)O1. The molecule has 0 aliphatic carbocycles. The molecule has 0 radical (unpaired) electrons. The van der Waals surface area contributed by atoms with Crippen LogP contribution in [0.1, 0.15) is 38.8 Å². The van der Waals surface area contributed by atoms with Gasteiger partial charge in [0.1, 0.15) is 6.10 Å². The fourth-order valence-corrected chi connectivity index (χ4v) is 3.34. The minimum absolute atomic E-state index is 0.0156. The second-order valence-corrected chi connectivity index (χ2v) is 6.73. The van der Waals surface area contributed by atoms with Crippen LogP contribution in [0.2, 0.25) is 0 Å². The van der Waals surface area contributed by atoms with E-state index in [4.69, 9.17) is 19.0 Å². The van der Waals surface area contributed by atoms with E-state index in [1.54, 1.807) is 0 Å². The maximum absolute atomic E-state index is 12.0. The zero-order chi connectivity index (χ0) is 17.3. The summed E-state index contributed by atoms with van der Waals surface area (Å²) in [4.78, 5) is 17.9. The lowest BCUT2D eigenvalue weighted by Crippen LogP contribution is -2.41. The number of benzene rings is 1. The Labute approximate surface area is 142 Å². The van der Waals surface area contributed by atoms with E-state index < -0.39 is 11.9 Å². The van der Waals surface area contributed by atoms with E-state index in [9.17, 15) is 4.79 Å². The molecule has 2 aliphatic rings. The van der Waals surface area contributed by atoms with Crippen LogP contribution in [0, 0.1) is 0 Å². The van der Waals surface area contributed by atoms with E-state index in [1.807, 2.05) is 49.2 Å². The predicted octanol–water partition coefficient (Wildman–Crippen LogP) is 2.45. The van der Waals surface area contributed by atoms with Gasteiger partial charge in [-0.15, -0.1) is 0 Å². The number of nitrogens with zero attached hydrogens (tertiary/aromatic N) is 1. The highest BCUT2D eigenvalue weighted by atomic mass is 16.8. The fourth-order valence-electron chi connectivity index (χ4n) is 3.34. The van der Waals surface area contributed by atoms with Crippen LogP contribution >= 0.6 is 0 Å². The fraction of sp³-hybridized carbons (Fsp3) is 0.611. The summed E-state index contributed by atoms with van der Waals surface area (Å²) in [6.45, 7) is 6.33. The summed E-state index contributed by atoms with van der Waals surface area (Å²) >= 11 is 0. The summed E-state index contributed by atoms with van der Waals surface area (Å²) < 4.78 is 16.6. The molecule has 0 unspecified atom stereocenters. The van der Waals surface area contributed by atoms with Crippen molar-refractivity contribution in [1.29, 1.82) is 0 Å². The van der Waals surface area contributed by atoms with Crippen LogP contribution in [0.25, 0.3) is 0 Å². The highest BCUT2D eigenvalue weighted by Crippen LogP contribution is 2.37. The van der Waals surface area contributed by atoms with Crippen molar-refractivity contribution in [2.45, 2.75) is 57.3 Å². The molecule has 24 heavy (non-hydrogen) atoms. The van der Waals surface area contributed by atoms with Gasteiger partial charge in [-0.3, -0.25) is 4.84 Å². The third-order valence-electron chi connectivity index (χ3n) is 4.62. The van der Waals surface area contributed by atoms with Crippen molar-refractivity contribution >= 4 is 5.97 Å². The Kier molecular flexibility index (Phi) is 4.92. The predicted molar refractivity (Wildman–Crippen MR) is 86.9 cm³/mol. The quantitative estimate of drug-likeness (QED) is 0.788. The van der Waals surface area contributed by atoms with Gasteiger partial charge in [-0.1, -0.05) is 30.3 Å². The summed E-state index contributed by atoms with van der Waals surface area (Å²) in [6, 6.07) is 9.97. The van der Waals surface area contributed by atoms with Gasteiger partial charge in [0.2, 0.25) is 0 Å². The molecule has 0 amide bonds. The lowest BCUT2D eigenvalue weighted by atomic mass is 10.0. The summed E-state index contributed by atoms with van der Waals surface area (Å²) in [7, 11) is 1.38. The lowest BCUT2D eigenvalue weighted by Gasteiger charge is -2.32. The number of carbonyl (C=O) groups excluding carboxylic acids is 1. The van der Waals surface area contributed by atoms with Gasteiger partial charge in [0.05, 0.1) is 25.8 Å². The Balaban J connectivity index is 1.82. The maximum atomic E-state index is 12.0. The van der Waals surface area contributed by atoms with Gasteiger partial charge in [-0.05, 0) is 26.3 Å². The molecule has 2 saturated heterocycles. The van der Waals surface area contributed by atoms with Crippen LogP contribution in [0.4, 0.5) is 0 Å². The molecule has 2 heterocycles. The van der Waals surface area contributed by atoms with E-state index in [0.717, 1.165) is 5.56 Å². The van der Waals surface area contributed by atoms with E-state index >= 15 is 0 Å². The van der Waals surface area contributed by atoms with Gasteiger partial charge >= 0.3 is 5.97 Å². The number of hydrogen-bond donors (Lipinski definition) is 0. The zero-order valence-electron chi connectivity index (χ0n) is 14.6. The molecule has 2 aliphatic heterocycles. The van der Waals surface area contributed by atoms with Crippen molar-refractivity contribution in [3.63, 3.8) is 0 Å². The number of esters is 1. The number of rotatable bonds is 4. The van der Waals surface area contributed by atoms with Crippen molar-refractivity contribution < 1.29 is 23.8 Å². The third kappa shape index (κ3) is 3.47. The molecule has 0 saturated carbocycles. The molecule has 6 heteroatoms. The standard InChI is InChI=1S/C18H25NO5/c1-12(13-8-6-5-7-9-13)19-14(10-15(24-19)17(20)21-4)16-11-22-18(2,3)23-16/h5-9,12,14-16H,10-11H2,1-4H3/t12-,14+,15-,16-/m1/s1. The Morgan fingerprint density at radius 1 is 1.33 bits per heavy atom. The van der Waals surface area contributed by atoms with Gasteiger partial charge in [-0.2, -0.15) is 5.06 Å². The number of hydroxylamine groups is 2. The first-order chi connectivity index (χ1) is 11.4. The van der Waals surface area contributed by atoms with Crippen molar-refractivity contribution in [2.75, 3.05) is 13.7 Å². The molecule has 1 aromatic carbocycles. The summed E-state index contributed by atoms with van der Waals surface area (Å²) in [6.07, 6.45) is -0.243. The number of methoxy groups -OCH3 is 1. The molecule has 3 rings (SSSR count). The van der Waals surface area contributed by atoms with Crippen molar-refractivity contribution in [2.24, 2.45) is 0 Å². The molecule has 0 N–H and O–H groups in total. The van der Waals surface area contributed by atoms with Crippen LogP contribution in [0.3, 0.4) is 0 Å². The monoisotopic (exact) mass is 335 g/mol. The summed E-state index contributed by atoms with van der Waals surface area (Å²) in [5, 5.41) is 1.87. The van der Waals surface area contributed by atoms with Gasteiger partial charge in [0, 0.05) is 6.42 Å². The first kappa shape index (κ1) is 17.4. The van der Waals surface area contributed by atoms with Crippen LogP contribution in [-0.2, 0) is 23.8 Å². The number of hydrogen-bond acceptors (Lipinski definition) is 6. The molecule has 4 atom stereocenters. The summed E-state index contributed by atoms with van der Waals surface area (Å²) in [5.74, 6) is -0.976. The molecule has 0 aromatic heterocycles. The van der Waals surface area contributed by atoms with Gasteiger partial charge < -0.3 is 14.2 Å². The molecule has 132 valence electrons. The highest BCUT2D eigenvalue weighted by Gasteiger charge is 2.48. The topological polar surface area (TPSA) is 57.2 Å². The van der Waals surface area contributed by atoms with Crippen molar-refractivity contribution in [3.8, 4) is 0 Å². The van der Waals surface area contributed by atoms with Crippen molar-refractivity contribution in [3.05, 3.63) is 35.9 Å². The van der Waals surface area contributed by atoms with Crippen molar-refractivity contribution in [1.82, 2.24) is 5.06 Å². The average molecular weight is 335 g/mol. The average Bonchev–Trinajstić information content (AvgIpc) is 3.17. The number of ether oxygens (including phenoxy) is 3. The van der Waals surface area contributed by atoms with E-state index in [2.05, 4.69) is 6.92 Å². The van der Waals surface area contributed by atoms with Crippen LogP contribution in [-0.4, -0.2) is 48.8 Å². The normalized spacial score (nSPS) is 31.1. The summed E-state index contributed by atoms with van der Waals surface area (Å²) in [5.41, 5.74) is 1.12. The maximum Gasteiger partial charge on any atom is 0.337 e. The molecule has 0 spiro atoms. The molecular formula is C18H25NO5. The third-order valence-corrected chi connectivity index (χ3v) is 4.62. The Bertz CT molecular complexity index is 576. The minimum Gasteiger partial charge on any atom is -0.467 e. The number of carbonyl (C=O) groups is 1. The van der Waals surface area contributed by atoms with E-state index in [-0.39, 0.29) is 24.2 Å². The molecule has 1 aromatic rings. The van der Waals surface area contributed by atoms with Crippen LogP contribution in [0.5, 0.6) is 0 Å².